The summed E-state index contributed by atoms with van der Waals surface area (Å²) in [6, 6.07) is 14.1. The van der Waals surface area contributed by atoms with Gasteiger partial charge in [0.25, 0.3) is 5.22 Å². The van der Waals surface area contributed by atoms with Crippen molar-refractivity contribution in [3.8, 4) is 11.5 Å². The Bertz CT molecular complexity index is 1090. The predicted octanol–water partition coefficient (Wildman–Crippen LogP) is 3.42. The zero-order chi connectivity index (χ0) is 20.3. The minimum absolute atomic E-state index is 0.116. The molecule has 0 bridgehead atoms. The van der Waals surface area contributed by atoms with Gasteiger partial charge in [0.2, 0.25) is 15.9 Å². The first-order valence-corrected chi connectivity index (χ1v) is 11.2. The average molecular weight is 418 g/mol. The first kappa shape index (κ1) is 20.1. The summed E-state index contributed by atoms with van der Waals surface area (Å²) in [7, 11) is -1.88. The molecular weight excluding hydrogens is 398 g/mol. The molecule has 0 amide bonds. The number of nitrogens with zero attached hydrogens (tertiary/aromatic N) is 3. The quantitative estimate of drug-likeness (QED) is 0.429. The Balaban J connectivity index is 1.64. The van der Waals surface area contributed by atoms with Crippen LogP contribution in [0, 0.1) is 6.92 Å². The molecule has 0 aliphatic carbocycles. The van der Waals surface area contributed by atoms with Crippen molar-refractivity contribution in [2.24, 2.45) is 0 Å². The molecule has 9 heteroatoms. The molecule has 2 aromatic carbocycles. The zero-order valence-corrected chi connectivity index (χ0v) is 17.3. The van der Waals surface area contributed by atoms with Crippen LogP contribution in [0.15, 0.2) is 58.2 Å². The van der Waals surface area contributed by atoms with Crippen LogP contribution < -0.4 is 4.31 Å². The van der Waals surface area contributed by atoms with Crippen molar-refractivity contribution in [2.45, 2.75) is 12.1 Å². The summed E-state index contributed by atoms with van der Waals surface area (Å²) in [5, 5.41) is 8.34. The number of carbonyl (C=O) groups is 1. The maximum absolute atomic E-state index is 12.4. The van der Waals surface area contributed by atoms with Gasteiger partial charge in [0.05, 0.1) is 17.7 Å². The molecule has 0 atom stereocenters. The van der Waals surface area contributed by atoms with Crippen LogP contribution in [0.25, 0.3) is 11.5 Å². The van der Waals surface area contributed by atoms with Crippen LogP contribution in [0.3, 0.4) is 0 Å². The van der Waals surface area contributed by atoms with Crippen molar-refractivity contribution < 1.29 is 17.6 Å². The van der Waals surface area contributed by atoms with E-state index in [0.717, 1.165) is 33.4 Å². The van der Waals surface area contributed by atoms with E-state index < -0.39 is 10.0 Å². The largest absolute Gasteiger partial charge is 0.411 e. The van der Waals surface area contributed by atoms with Crippen molar-refractivity contribution in [1.82, 2.24) is 10.2 Å². The van der Waals surface area contributed by atoms with Gasteiger partial charge in [-0.1, -0.05) is 30.0 Å². The van der Waals surface area contributed by atoms with E-state index in [0.29, 0.717) is 22.4 Å². The Labute approximate surface area is 167 Å². The highest BCUT2D eigenvalue weighted by atomic mass is 32.2. The van der Waals surface area contributed by atoms with Gasteiger partial charge in [-0.2, -0.15) is 0 Å². The smallest absolute Gasteiger partial charge is 0.277 e. The van der Waals surface area contributed by atoms with Crippen LogP contribution in [-0.4, -0.2) is 43.5 Å². The van der Waals surface area contributed by atoms with Crippen molar-refractivity contribution in [3.05, 3.63) is 59.7 Å². The summed E-state index contributed by atoms with van der Waals surface area (Å²) >= 11 is 1.16. The number of Topliss-reactive ketones (excluding diaryl/α,β-unsaturated/α-hetero) is 1. The Morgan fingerprint density at radius 3 is 2.43 bits per heavy atom. The van der Waals surface area contributed by atoms with Gasteiger partial charge < -0.3 is 4.42 Å². The third kappa shape index (κ3) is 4.60. The van der Waals surface area contributed by atoms with Crippen LogP contribution in [-0.2, 0) is 10.0 Å². The Morgan fingerprint density at radius 2 is 1.79 bits per heavy atom. The van der Waals surface area contributed by atoms with Gasteiger partial charge in [-0.25, -0.2) is 8.42 Å². The lowest BCUT2D eigenvalue weighted by Gasteiger charge is -2.16. The maximum atomic E-state index is 12.4. The number of thioether (sulfide) groups is 1. The van der Waals surface area contributed by atoms with Crippen molar-refractivity contribution in [3.63, 3.8) is 0 Å². The van der Waals surface area contributed by atoms with E-state index in [1.165, 1.54) is 7.05 Å². The van der Waals surface area contributed by atoms with Gasteiger partial charge in [0.15, 0.2) is 5.78 Å². The van der Waals surface area contributed by atoms with E-state index in [2.05, 4.69) is 10.2 Å². The Hall–Kier alpha value is -2.65. The highest BCUT2D eigenvalue weighted by Crippen LogP contribution is 2.26. The van der Waals surface area contributed by atoms with Crippen molar-refractivity contribution in [2.75, 3.05) is 23.4 Å². The number of ketones is 1. The monoisotopic (exact) mass is 417 g/mol. The number of sulfonamides is 1. The molecule has 0 fully saturated rings. The molecule has 0 saturated heterocycles. The molecule has 1 heterocycles. The Morgan fingerprint density at radius 1 is 1.11 bits per heavy atom. The molecule has 0 aliphatic heterocycles. The fraction of sp³-hybridized carbons (Fsp3) is 0.211. The first-order chi connectivity index (χ1) is 13.3. The second-order valence-electron chi connectivity index (χ2n) is 6.18. The van der Waals surface area contributed by atoms with Crippen LogP contribution >= 0.6 is 11.8 Å². The van der Waals surface area contributed by atoms with Crippen LogP contribution in [0.4, 0.5) is 5.69 Å². The second-order valence-corrected chi connectivity index (χ2v) is 9.12. The number of hydrogen-bond acceptors (Lipinski definition) is 7. The number of aromatic nitrogens is 2. The molecule has 0 spiro atoms. The number of anilines is 1. The number of benzene rings is 2. The first-order valence-electron chi connectivity index (χ1n) is 8.35. The minimum Gasteiger partial charge on any atom is -0.411 e. The van der Waals surface area contributed by atoms with Gasteiger partial charge in [-0.05, 0) is 42.8 Å². The normalized spacial score (nSPS) is 11.4. The molecule has 3 aromatic rings. The molecule has 0 N–H and O–H groups in total. The number of rotatable bonds is 7. The summed E-state index contributed by atoms with van der Waals surface area (Å²) < 4.78 is 29.9. The van der Waals surface area contributed by atoms with Gasteiger partial charge in [-0.15, -0.1) is 10.2 Å². The highest BCUT2D eigenvalue weighted by Gasteiger charge is 2.15. The lowest BCUT2D eigenvalue weighted by Crippen LogP contribution is -2.24. The van der Waals surface area contributed by atoms with E-state index >= 15 is 0 Å². The molecule has 0 saturated carbocycles. The average Bonchev–Trinajstić information content (AvgIpc) is 3.14. The number of hydrogen-bond donors (Lipinski definition) is 0. The SMILES string of the molecule is Cc1ccccc1-c1nnc(SCC(=O)c2ccc(N(C)S(C)(=O)=O)cc2)o1. The van der Waals surface area contributed by atoms with Gasteiger partial charge >= 0.3 is 0 Å². The molecule has 28 heavy (non-hydrogen) atoms. The molecule has 0 aliphatic rings. The fourth-order valence-corrected chi connectivity index (χ4v) is 3.61. The van der Waals surface area contributed by atoms with E-state index in [4.69, 9.17) is 4.42 Å². The lowest BCUT2D eigenvalue weighted by atomic mass is 10.1. The van der Waals surface area contributed by atoms with Crippen LogP contribution in [0.2, 0.25) is 0 Å². The third-order valence-corrected chi connectivity index (χ3v) is 6.18. The fourth-order valence-electron chi connectivity index (χ4n) is 2.45. The summed E-state index contributed by atoms with van der Waals surface area (Å²) in [4.78, 5) is 12.4. The summed E-state index contributed by atoms with van der Waals surface area (Å²) in [5.74, 6) is 0.437. The second kappa shape index (κ2) is 8.15. The summed E-state index contributed by atoms with van der Waals surface area (Å²) in [6.45, 7) is 1.96. The molecule has 3 rings (SSSR count). The van der Waals surface area contributed by atoms with Crippen LogP contribution in [0.1, 0.15) is 15.9 Å². The molecule has 1 aromatic heterocycles. The minimum atomic E-state index is -3.34. The number of aryl methyl sites for hydroxylation is 1. The van der Waals surface area contributed by atoms with E-state index in [-0.39, 0.29) is 11.5 Å². The topological polar surface area (TPSA) is 93.4 Å². The van der Waals surface area contributed by atoms with Gasteiger partial charge in [0, 0.05) is 18.2 Å². The number of carbonyl (C=O) groups excluding carboxylic acids is 1. The molecule has 0 radical (unpaired) electrons. The highest BCUT2D eigenvalue weighted by molar-refractivity contribution is 7.99. The van der Waals surface area contributed by atoms with Crippen molar-refractivity contribution in [1.29, 1.82) is 0 Å². The maximum Gasteiger partial charge on any atom is 0.277 e. The van der Waals surface area contributed by atoms with Crippen LogP contribution in [0.5, 0.6) is 0 Å². The molecule has 7 nitrogen and oxygen atoms in total. The van der Waals surface area contributed by atoms with Gasteiger partial charge in [-0.3, -0.25) is 9.10 Å². The summed E-state index contributed by atoms with van der Waals surface area (Å²) in [6.07, 6.45) is 1.12. The van der Waals surface area contributed by atoms with E-state index in [1.807, 2.05) is 31.2 Å². The van der Waals surface area contributed by atoms with Crippen molar-refractivity contribution >= 4 is 33.3 Å². The van der Waals surface area contributed by atoms with Gasteiger partial charge in [0.1, 0.15) is 0 Å². The lowest BCUT2D eigenvalue weighted by molar-refractivity contribution is 0.102. The molecule has 146 valence electrons. The van der Waals surface area contributed by atoms with E-state index in [1.54, 1.807) is 24.3 Å². The standard InChI is InChI=1S/C19H19N3O4S2/c1-13-6-4-5-7-16(13)18-20-21-19(26-18)27-12-17(23)14-8-10-15(11-9-14)22(2)28(3,24)25/h4-11H,12H2,1-3H3. The molecular formula is C19H19N3O4S2. The third-order valence-electron chi connectivity index (χ3n) is 4.16. The molecule has 0 unspecified atom stereocenters. The van der Waals surface area contributed by atoms with E-state index in [9.17, 15) is 13.2 Å². The Kier molecular flexibility index (Phi) is 5.85. The predicted molar refractivity (Wildman–Crippen MR) is 109 cm³/mol. The summed E-state index contributed by atoms with van der Waals surface area (Å²) in [5.41, 5.74) is 2.86. The zero-order valence-electron chi connectivity index (χ0n) is 15.6.